The molecule has 0 spiro atoms. The number of para-hydroxylation sites is 1. The third-order valence-electron chi connectivity index (χ3n) is 9.33. The summed E-state index contributed by atoms with van der Waals surface area (Å²) in [5.74, 6) is 0.163. The van der Waals surface area contributed by atoms with E-state index in [1.165, 1.54) is 13.2 Å². The number of rotatable bonds is 9. The molecule has 0 saturated carbocycles. The Morgan fingerprint density at radius 2 is 1.70 bits per heavy atom. The summed E-state index contributed by atoms with van der Waals surface area (Å²) in [5.41, 5.74) is 2.96. The molecule has 13 heteroatoms. The number of aromatic nitrogens is 4. The second-order valence-corrected chi connectivity index (χ2v) is 12.3. The summed E-state index contributed by atoms with van der Waals surface area (Å²) < 4.78 is 43.1. The van der Waals surface area contributed by atoms with Crippen LogP contribution < -0.4 is 14.4 Å². The first-order valence-corrected chi connectivity index (χ1v) is 16.5. The van der Waals surface area contributed by atoms with Crippen LogP contribution in [0.4, 0.5) is 14.6 Å². The molecule has 0 atom stereocenters. The monoisotopic (exact) mass is 681 g/mol. The molecule has 1 N–H and O–H groups in total. The molecule has 11 nitrogen and oxygen atoms in total. The number of aromatic amines is 1. The van der Waals surface area contributed by atoms with Crippen LogP contribution in [0.2, 0.25) is 0 Å². The fourth-order valence-corrected chi connectivity index (χ4v) is 6.74. The highest BCUT2D eigenvalue weighted by atomic mass is 19.1. The average molecular weight is 682 g/mol. The first kappa shape index (κ1) is 32.8. The van der Waals surface area contributed by atoms with E-state index in [2.05, 4.69) is 15.1 Å². The van der Waals surface area contributed by atoms with Crippen LogP contribution in [0, 0.1) is 11.6 Å². The van der Waals surface area contributed by atoms with Crippen molar-refractivity contribution >= 4 is 34.1 Å². The van der Waals surface area contributed by atoms with Gasteiger partial charge in [-0.15, -0.1) is 0 Å². The second kappa shape index (κ2) is 14.0. The van der Waals surface area contributed by atoms with E-state index in [0.717, 1.165) is 11.8 Å². The minimum absolute atomic E-state index is 0.0287. The summed E-state index contributed by atoms with van der Waals surface area (Å²) in [4.78, 5) is 39.8. The molecule has 0 aliphatic carbocycles. The van der Waals surface area contributed by atoms with Gasteiger partial charge in [0.15, 0.2) is 17.4 Å². The Hall–Kier alpha value is -5.72. The van der Waals surface area contributed by atoms with Crippen molar-refractivity contribution in [3.63, 3.8) is 0 Å². The summed E-state index contributed by atoms with van der Waals surface area (Å²) in [5, 5.41) is 4.72. The van der Waals surface area contributed by atoms with Gasteiger partial charge in [0.2, 0.25) is 5.91 Å². The summed E-state index contributed by atoms with van der Waals surface area (Å²) in [7, 11) is 3.05. The van der Waals surface area contributed by atoms with Gasteiger partial charge in [-0.05, 0) is 41.8 Å². The number of hydrogen-bond acceptors (Lipinski definition) is 7. The Morgan fingerprint density at radius 1 is 0.900 bits per heavy atom. The van der Waals surface area contributed by atoms with Crippen molar-refractivity contribution in [1.82, 2.24) is 29.5 Å². The Balaban J connectivity index is 1.18. The van der Waals surface area contributed by atoms with E-state index < -0.39 is 11.6 Å². The van der Waals surface area contributed by atoms with E-state index in [1.807, 2.05) is 47.5 Å². The maximum Gasteiger partial charge on any atom is 0.270 e. The normalized spacial score (nSPS) is 15.0. The molecule has 2 aliphatic rings. The molecular weight excluding hydrogens is 644 g/mol. The first-order chi connectivity index (χ1) is 24.3. The minimum atomic E-state index is -0.492. The Morgan fingerprint density at radius 3 is 2.46 bits per heavy atom. The number of carbonyl (C=O) groups is 2. The van der Waals surface area contributed by atoms with Crippen LogP contribution in [0.25, 0.3) is 27.6 Å². The van der Waals surface area contributed by atoms with Crippen molar-refractivity contribution in [3.05, 3.63) is 96.1 Å². The average Bonchev–Trinajstić information content (AvgIpc) is 3.85. The molecule has 5 aromatic rings. The predicted octanol–water partition coefficient (Wildman–Crippen LogP) is 5.39. The first-order valence-electron chi connectivity index (χ1n) is 16.5. The standard InChI is InChI=1S/C37H37F2N7O4/c1-49-31-9-4-3-8-26(31)28-20-27(24-7-5-12-45(23-24)33(47)10-14-46-13-6-11-41-46)34(39)35-29(28)21-30(42-35)37(48)44-17-15-43(16-18-44)36-32(50-2)19-25(38)22-40-36/h3-4,6-9,11,13,19-22,42H,5,10,12,14-18,23H2,1-2H3. The van der Waals surface area contributed by atoms with Gasteiger partial charge in [-0.25, -0.2) is 13.8 Å². The molecule has 258 valence electrons. The molecule has 1 fully saturated rings. The van der Waals surface area contributed by atoms with Gasteiger partial charge in [0, 0.05) is 87.2 Å². The molecule has 0 radical (unpaired) electrons. The molecule has 2 amide bonds. The lowest BCUT2D eigenvalue weighted by molar-refractivity contribution is -0.131. The van der Waals surface area contributed by atoms with Gasteiger partial charge in [-0.3, -0.25) is 14.3 Å². The topological polar surface area (TPSA) is 109 Å². The molecule has 3 aromatic heterocycles. The summed E-state index contributed by atoms with van der Waals surface area (Å²) in [6.45, 7) is 2.93. The van der Waals surface area contributed by atoms with Crippen molar-refractivity contribution in [2.45, 2.75) is 19.4 Å². The number of H-pyrrole nitrogens is 1. The van der Waals surface area contributed by atoms with Gasteiger partial charge in [-0.2, -0.15) is 5.10 Å². The van der Waals surface area contributed by atoms with Gasteiger partial charge < -0.3 is 29.2 Å². The number of anilines is 1. The van der Waals surface area contributed by atoms with Crippen molar-refractivity contribution < 1.29 is 27.8 Å². The number of halogens is 2. The number of carbonyl (C=O) groups excluding carboxylic acids is 2. The van der Waals surface area contributed by atoms with E-state index in [4.69, 9.17) is 9.47 Å². The third kappa shape index (κ3) is 6.38. The van der Waals surface area contributed by atoms with Crippen molar-refractivity contribution in [2.24, 2.45) is 0 Å². The highest BCUT2D eigenvalue weighted by Gasteiger charge is 2.29. The zero-order valence-corrected chi connectivity index (χ0v) is 27.9. The van der Waals surface area contributed by atoms with Gasteiger partial charge in [0.25, 0.3) is 5.91 Å². The number of nitrogens with zero attached hydrogens (tertiary/aromatic N) is 6. The van der Waals surface area contributed by atoms with E-state index in [0.29, 0.717) is 85.1 Å². The third-order valence-corrected chi connectivity index (χ3v) is 9.33. The van der Waals surface area contributed by atoms with Crippen LogP contribution in [0.3, 0.4) is 0 Å². The molecule has 5 heterocycles. The van der Waals surface area contributed by atoms with Crippen LogP contribution in [-0.2, 0) is 11.3 Å². The number of hydrogen-bond donors (Lipinski definition) is 1. The fourth-order valence-electron chi connectivity index (χ4n) is 6.74. The lowest BCUT2D eigenvalue weighted by Crippen LogP contribution is -2.49. The SMILES string of the molecule is COc1ccccc1-c1cc(C2=CCCN(C(=O)CCn3cccn3)C2)c(F)c2[nH]c(C(=O)N3CCN(c4ncc(F)cc4OC)CC3)cc12. The molecule has 7 rings (SSSR count). The highest BCUT2D eigenvalue weighted by molar-refractivity contribution is 6.05. The molecular formula is C37H37F2N7O4. The van der Waals surface area contributed by atoms with Crippen LogP contribution in [0.15, 0.2) is 73.2 Å². The summed E-state index contributed by atoms with van der Waals surface area (Å²) in [6.07, 6.45) is 7.49. The maximum atomic E-state index is 16.7. The second-order valence-electron chi connectivity index (χ2n) is 12.3. The van der Waals surface area contributed by atoms with Crippen LogP contribution in [0.1, 0.15) is 28.9 Å². The molecule has 1 saturated heterocycles. The number of benzene rings is 2. The minimum Gasteiger partial charge on any atom is -0.496 e. The quantitative estimate of drug-likeness (QED) is 0.222. The highest BCUT2D eigenvalue weighted by Crippen LogP contribution is 2.40. The van der Waals surface area contributed by atoms with Crippen molar-refractivity contribution in [2.75, 3.05) is 58.4 Å². The van der Waals surface area contributed by atoms with Gasteiger partial charge in [0.05, 0.1) is 25.9 Å². The summed E-state index contributed by atoms with van der Waals surface area (Å²) >= 11 is 0. The smallest absolute Gasteiger partial charge is 0.270 e. The molecule has 0 unspecified atom stereocenters. The zero-order chi connectivity index (χ0) is 34.8. The molecule has 2 aliphatic heterocycles. The molecule has 50 heavy (non-hydrogen) atoms. The number of amides is 2. The van der Waals surface area contributed by atoms with E-state index >= 15 is 4.39 Å². The predicted molar refractivity (Wildman–Crippen MR) is 185 cm³/mol. The van der Waals surface area contributed by atoms with E-state index in [1.54, 1.807) is 39.9 Å². The van der Waals surface area contributed by atoms with Gasteiger partial charge in [0.1, 0.15) is 17.3 Å². The van der Waals surface area contributed by atoms with Crippen molar-refractivity contribution in [3.8, 4) is 22.6 Å². The number of fused-ring (bicyclic) bond motifs is 1. The number of ether oxygens (including phenoxy) is 2. The maximum absolute atomic E-state index is 16.7. The largest absolute Gasteiger partial charge is 0.496 e. The Kier molecular flexibility index (Phi) is 9.20. The molecule has 0 bridgehead atoms. The van der Waals surface area contributed by atoms with E-state index in [-0.39, 0.29) is 36.0 Å². The lowest BCUT2D eigenvalue weighted by Gasteiger charge is -2.35. The summed E-state index contributed by atoms with van der Waals surface area (Å²) in [6, 6.07) is 14.1. The van der Waals surface area contributed by atoms with Crippen LogP contribution in [0.5, 0.6) is 11.5 Å². The van der Waals surface area contributed by atoms with Crippen LogP contribution in [-0.4, -0.2) is 94.9 Å². The fraction of sp³-hybridized carbons (Fsp3) is 0.297. The Bertz CT molecular complexity index is 2070. The number of aryl methyl sites for hydroxylation is 1. The Labute approximate surface area is 287 Å². The van der Waals surface area contributed by atoms with Gasteiger partial charge >= 0.3 is 0 Å². The lowest BCUT2D eigenvalue weighted by atomic mass is 9.93. The zero-order valence-electron chi connectivity index (χ0n) is 27.9. The number of methoxy groups -OCH3 is 2. The molecule has 2 aromatic carbocycles. The van der Waals surface area contributed by atoms with Crippen molar-refractivity contribution in [1.29, 1.82) is 0 Å². The number of nitrogens with one attached hydrogen (secondary N) is 1. The number of pyridine rings is 1. The number of piperazine rings is 1. The van der Waals surface area contributed by atoms with E-state index in [9.17, 15) is 14.0 Å². The van der Waals surface area contributed by atoms with Gasteiger partial charge in [-0.1, -0.05) is 24.3 Å². The van der Waals surface area contributed by atoms with Crippen LogP contribution >= 0.6 is 0 Å².